The number of fused-ring (bicyclic) bond motifs is 3. The van der Waals surface area contributed by atoms with Gasteiger partial charge in [-0.15, -0.1) is 23.1 Å². The Bertz CT molecular complexity index is 948. The lowest BCUT2D eigenvalue weighted by Crippen LogP contribution is -2.65. The minimum Gasteiger partial charge on any atom is -0.302 e. The van der Waals surface area contributed by atoms with E-state index in [0.29, 0.717) is 13.1 Å². The molecule has 3 atom stereocenters. The van der Waals surface area contributed by atoms with E-state index < -0.39 is 6.29 Å². The molecule has 3 fully saturated rings. The molecule has 0 bridgehead atoms. The van der Waals surface area contributed by atoms with E-state index >= 15 is 0 Å². The number of carbonyl (C=O) groups is 2. The van der Waals surface area contributed by atoms with Crippen LogP contribution in [0.25, 0.3) is 0 Å². The first-order valence-electron chi connectivity index (χ1n) is 9.89. The fourth-order valence-electron chi connectivity index (χ4n) is 4.42. The summed E-state index contributed by atoms with van der Waals surface area (Å²) >= 11 is 3.32. The number of hydrogen-bond acceptors (Lipinski definition) is 5. The van der Waals surface area contributed by atoms with Crippen molar-refractivity contribution in [3.63, 3.8) is 0 Å². The number of benzene rings is 1. The number of thioether (sulfide) groups is 1. The number of hydrazine groups is 1. The Morgan fingerprint density at radius 3 is 2.83 bits per heavy atom. The predicted octanol–water partition coefficient (Wildman–Crippen LogP) is 3.31. The van der Waals surface area contributed by atoms with Gasteiger partial charge in [-0.25, -0.2) is 4.79 Å². The fraction of sp³-hybridized carbons (Fsp3) is 0.429. The average molecular weight is 429 g/mol. The number of amides is 3. The van der Waals surface area contributed by atoms with E-state index in [4.69, 9.17) is 0 Å². The van der Waals surface area contributed by atoms with Crippen LogP contribution in [0.4, 0.5) is 4.79 Å². The molecule has 152 valence electrons. The summed E-state index contributed by atoms with van der Waals surface area (Å²) in [6.45, 7) is 5.15. The highest BCUT2D eigenvalue weighted by Crippen LogP contribution is 2.40. The second-order valence-electron chi connectivity index (χ2n) is 7.90. The van der Waals surface area contributed by atoms with Gasteiger partial charge in [0, 0.05) is 4.88 Å². The maximum absolute atomic E-state index is 13.4. The Morgan fingerprint density at radius 1 is 1.17 bits per heavy atom. The average Bonchev–Trinajstić information content (AvgIpc) is 3.43. The van der Waals surface area contributed by atoms with Crippen molar-refractivity contribution in [2.75, 3.05) is 5.75 Å². The molecule has 1 N–H and O–H groups in total. The van der Waals surface area contributed by atoms with Crippen molar-refractivity contribution < 1.29 is 9.59 Å². The van der Waals surface area contributed by atoms with Crippen LogP contribution in [0.15, 0.2) is 35.7 Å². The Morgan fingerprint density at radius 2 is 2.03 bits per heavy atom. The topological polar surface area (TPSA) is 55.9 Å². The molecule has 3 aliphatic heterocycles. The molecule has 1 aromatic carbocycles. The molecule has 4 heterocycles. The molecule has 0 radical (unpaired) electrons. The largest absolute Gasteiger partial charge is 0.337 e. The van der Waals surface area contributed by atoms with E-state index in [1.165, 1.54) is 5.56 Å². The summed E-state index contributed by atoms with van der Waals surface area (Å²) in [7, 11) is 0. The van der Waals surface area contributed by atoms with Crippen molar-refractivity contribution in [3.8, 4) is 0 Å². The molecular formula is C21H24N4O2S2. The third-order valence-corrected chi connectivity index (χ3v) is 8.17. The van der Waals surface area contributed by atoms with Gasteiger partial charge >= 0.3 is 6.03 Å². The molecule has 1 aromatic heterocycles. The van der Waals surface area contributed by atoms with Crippen LogP contribution in [0, 0.1) is 13.8 Å². The third kappa shape index (κ3) is 3.23. The summed E-state index contributed by atoms with van der Waals surface area (Å²) in [5.74, 6) is 1.06. The Kier molecular flexibility index (Phi) is 4.80. The van der Waals surface area contributed by atoms with Crippen LogP contribution >= 0.6 is 23.1 Å². The number of nitrogens with one attached hydrogen (secondary N) is 1. The quantitative estimate of drug-likeness (QED) is 0.812. The van der Waals surface area contributed by atoms with Crippen molar-refractivity contribution in [3.05, 3.63) is 57.3 Å². The van der Waals surface area contributed by atoms with E-state index in [1.807, 2.05) is 27.3 Å². The Balaban J connectivity index is 1.45. The van der Waals surface area contributed by atoms with E-state index in [1.54, 1.807) is 28.1 Å². The van der Waals surface area contributed by atoms with Gasteiger partial charge < -0.3 is 4.90 Å². The van der Waals surface area contributed by atoms with Gasteiger partial charge in [-0.05, 0) is 48.6 Å². The molecule has 3 aliphatic rings. The van der Waals surface area contributed by atoms with Crippen molar-refractivity contribution in [2.24, 2.45) is 0 Å². The van der Waals surface area contributed by atoms with Gasteiger partial charge in [-0.2, -0.15) is 5.43 Å². The third-order valence-electron chi connectivity index (χ3n) is 5.97. The lowest BCUT2D eigenvalue weighted by atomic mass is 10.1. The molecule has 8 heteroatoms. The maximum atomic E-state index is 13.4. The van der Waals surface area contributed by atoms with E-state index in [9.17, 15) is 9.59 Å². The van der Waals surface area contributed by atoms with Crippen LogP contribution in [0.2, 0.25) is 0 Å². The first-order chi connectivity index (χ1) is 14.0. The lowest BCUT2D eigenvalue weighted by molar-refractivity contribution is -0.145. The van der Waals surface area contributed by atoms with Crippen molar-refractivity contribution >= 4 is 35.0 Å². The van der Waals surface area contributed by atoms with Gasteiger partial charge in [0.25, 0.3) is 0 Å². The molecule has 6 nitrogen and oxygen atoms in total. The number of thiophene rings is 1. The zero-order chi connectivity index (χ0) is 20.1. The second kappa shape index (κ2) is 7.34. The highest BCUT2D eigenvalue weighted by Gasteiger charge is 2.55. The van der Waals surface area contributed by atoms with E-state index in [0.717, 1.165) is 28.2 Å². The predicted molar refractivity (Wildman–Crippen MR) is 115 cm³/mol. The Labute approximate surface area is 178 Å². The van der Waals surface area contributed by atoms with Crippen LogP contribution in [0.1, 0.15) is 28.0 Å². The standard InChI is InChI=1S/C21H24N4O2S2/c1-13-5-6-14(2)15(10-13)11-24-21(27)25-17-7-9-29-18(17)19(26)23(20(25)22-24)12-16-4-3-8-28-16/h3-6,8,10,17-18,20,22H,7,9,11-12H2,1-2H3. The van der Waals surface area contributed by atoms with Gasteiger partial charge in [0.1, 0.15) is 5.25 Å². The summed E-state index contributed by atoms with van der Waals surface area (Å²) in [5, 5.41) is 3.55. The molecule has 0 spiro atoms. The molecule has 2 aromatic rings. The summed E-state index contributed by atoms with van der Waals surface area (Å²) in [6, 6.07) is 10.3. The maximum Gasteiger partial charge on any atom is 0.337 e. The molecule has 3 amide bonds. The minimum atomic E-state index is -0.415. The molecule has 0 aliphatic carbocycles. The van der Waals surface area contributed by atoms with Crippen molar-refractivity contribution in [1.82, 2.24) is 20.2 Å². The fourth-order valence-corrected chi connectivity index (χ4v) is 6.52. The number of rotatable bonds is 4. The van der Waals surface area contributed by atoms with Crippen molar-refractivity contribution in [2.45, 2.75) is 50.9 Å². The number of urea groups is 1. The van der Waals surface area contributed by atoms with Gasteiger partial charge in [0.05, 0.1) is 19.1 Å². The molecule has 0 saturated carbocycles. The second-order valence-corrected chi connectivity index (χ2v) is 10.2. The van der Waals surface area contributed by atoms with Crippen LogP contribution in [0.5, 0.6) is 0 Å². The van der Waals surface area contributed by atoms with E-state index in [-0.39, 0.29) is 23.2 Å². The minimum absolute atomic E-state index is 0.0271. The van der Waals surface area contributed by atoms with Gasteiger partial charge in [-0.1, -0.05) is 29.8 Å². The molecule has 3 unspecified atom stereocenters. The van der Waals surface area contributed by atoms with Gasteiger partial charge in [-0.3, -0.25) is 14.7 Å². The normalized spacial score (nSPS) is 26.3. The molecule has 29 heavy (non-hydrogen) atoms. The van der Waals surface area contributed by atoms with Crippen molar-refractivity contribution in [1.29, 1.82) is 0 Å². The number of carbonyl (C=O) groups excluding carboxylic acids is 2. The molecular weight excluding hydrogens is 404 g/mol. The summed E-state index contributed by atoms with van der Waals surface area (Å²) in [5.41, 5.74) is 6.82. The summed E-state index contributed by atoms with van der Waals surface area (Å²) in [4.78, 5) is 31.5. The van der Waals surface area contributed by atoms with E-state index in [2.05, 4.69) is 37.5 Å². The molecule has 3 saturated heterocycles. The number of hydrogen-bond donors (Lipinski definition) is 1. The first-order valence-corrected chi connectivity index (χ1v) is 11.8. The number of aryl methyl sites for hydroxylation is 2. The van der Waals surface area contributed by atoms with Crippen LogP contribution in [0.3, 0.4) is 0 Å². The summed E-state index contributed by atoms with van der Waals surface area (Å²) < 4.78 is 0. The zero-order valence-electron chi connectivity index (χ0n) is 16.5. The lowest BCUT2D eigenvalue weighted by Gasteiger charge is -2.44. The van der Waals surface area contributed by atoms with Crippen LogP contribution < -0.4 is 5.43 Å². The van der Waals surface area contributed by atoms with Crippen LogP contribution in [-0.2, 0) is 17.9 Å². The van der Waals surface area contributed by atoms with Crippen LogP contribution in [-0.4, -0.2) is 50.1 Å². The van der Waals surface area contributed by atoms with Gasteiger partial charge in [0.15, 0.2) is 6.29 Å². The highest BCUT2D eigenvalue weighted by atomic mass is 32.2. The smallest absolute Gasteiger partial charge is 0.302 e. The first kappa shape index (κ1) is 19.0. The van der Waals surface area contributed by atoms with Gasteiger partial charge in [0.2, 0.25) is 5.91 Å². The summed E-state index contributed by atoms with van der Waals surface area (Å²) in [6.07, 6.45) is 0.456. The Hall–Kier alpha value is -2.03. The monoisotopic (exact) mass is 428 g/mol. The molecule has 5 rings (SSSR count). The number of nitrogens with zero attached hydrogens (tertiary/aromatic N) is 3. The highest BCUT2D eigenvalue weighted by molar-refractivity contribution is 8.00. The zero-order valence-corrected chi connectivity index (χ0v) is 18.1. The SMILES string of the molecule is Cc1ccc(C)c(CN2NC3N(Cc4cccs4)C(=O)C4SCCC4N3C2=O)c1.